The van der Waals surface area contributed by atoms with Crippen LogP contribution in [0.25, 0.3) is 5.69 Å². The van der Waals surface area contributed by atoms with Gasteiger partial charge in [-0.2, -0.15) is 0 Å². The second-order valence-electron chi connectivity index (χ2n) is 4.75. The summed E-state index contributed by atoms with van der Waals surface area (Å²) in [6.07, 6.45) is 6.96. The summed E-state index contributed by atoms with van der Waals surface area (Å²) < 4.78 is 1.92. The van der Waals surface area contributed by atoms with Crippen molar-refractivity contribution >= 4 is 0 Å². The molecule has 19 heavy (non-hydrogen) atoms. The van der Waals surface area contributed by atoms with Gasteiger partial charge in [-0.3, -0.25) is 0 Å². The number of aliphatic hydroxyl groups excluding tert-OH is 1. The molecule has 2 rings (SSSR count). The Bertz CT molecular complexity index is 504. The van der Waals surface area contributed by atoms with Crippen LogP contribution in [0.4, 0.5) is 0 Å². The summed E-state index contributed by atoms with van der Waals surface area (Å²) in [5.41, 5.74) is 9.06. The first-order chi connectivity index (χ1) is 9.26. The fraction of sp³-hybridized carbons (Fsp3) is 0.400. The Labute approximate surface area is 113 Å². The zero-order valence-electron chi connectivity index (χ0n) is 11.3. The molecule has 1 heterocycles. The maximum atomic E-state index is 9.15. The number of benzene rings is 1. The van der Waals surface area contributed by atoms with Crippen molar-refractivity contribution in [3.63, 3.8) is 0 Å². The van der Waals surface area contributed by atoms with Gasteiger partial charge in [0.1, 0.15) is 0 Å². The number of aliphatic hydroxyl groups is 1. The normalized spacial score (nSPS) is 12.6. The van der Waals surface area contributed by atoms with Crippen LogP contribution in [0.3, 0.4) is 0 Å². The lowest BCUT2D eigenvalue weighted by atomic mass is 10.1. The molecule has 0 saturated carbocycles. The molecule has 1 atom stereocenters. The van der Waals surface area contributed by atoms with Gasteiger partial charge in [-0.15, -0.1) is 0 Å². The second-order valence-corrected chi connectivity index (χ2v) is 4.75. The topological polar surface area (TPSA) is 64.1 Å². The first-order valence-corrected chi connectivity index (χ1v) is 6.74. The molecule has 1 aromatic heterocycles. The van der Waals surface area contributed by atoms with Gasteiger partial charge in [0.15, 0.2) is 0 Å². The molecule has 4 nitrogen and oxygen atoms in total. The minimum absolute atomic E-state index is 0.0831. The molecular formula is C15H21N3O. The number of aromatic nitrogens is 2. The number of rotatable bonds is 6. The SMILES string of the molecule is CCCCc1ccc(-n2cncc2C(N)CO)cc1. The monoisotopic (exact) mass is 259 g/mol. The molecule has 102 valence electrons. The highest BCUT2D eigenvalue weighted by atomic mass is 16.3. The van der Waals surface area contributed by atoms with E-state index in [9.17, 15) is 0 Å². The minimum atomic E-state index is -0.401. The molecule has 0 aliphatic heterocycles. The van der Waals surface area contributed by atoms with Crippen molar-refractivity contribution in [1.29, 1.82) is 0 Å². The van der Waals surface area contributed by atoms with Crippen LogP contribution in [0.5, 0.6) is 0 Å². The molecule has 0 radical (unpaired) electrons. The Morgan fingerprint density at radius 1 is 1.32 bits per heavy atom. The number of nitrogens with zero attached hydrogens (tertiary/aromatic N) is 2. The lowest BCUT2D eigenvalue weighted by molar-refractivity contribution is 0.265. The lowest BCUT2D eigenvalue weighted by Crippen LogP contribution is -2.18. The first kappa shape index (κ1) is 13.8. The van der Waals surface area contributed by atoms with E-state index < -0.39 is 6.04 Å². The summed E-state index contributed by atoms with van der Waals surface area (Å²) in [4.78, 5) is 4.11. The predicted octanol–water partition coefficient (Wildman–Crippen LogP) is 2.21. The van der Waals surface area contributed by atoms with Gasteiger partial charge >= 0.3 is 0 Å². The maximum absolute atomic E-state index is 9.15. The molecule has 0 saturated heterocycles. The van der Waals surface area contributed by atoms with Crippen molar-refractivity contribution < 1.29 is 5.11 Å². The van der Waals surface area contributed by atoms with Crippen LogP contribution in [0.2, 0.25) is 0 Å². The zero-order valence-corrected chi connectivity index (χ0v) is 11.3. The molecule has 2 aromatic rings. The fourth-order valence-electron chi connectivity index (χ4n) is 2.09. The van der Waals surface area contributed by atoms with Crippen LogP contribution in [0.1, 0.15) is 37.1 Å². The molecule has 0 bridgehead atoms. The van der Waals surface area contributed by atoms with E-state index in [4.69, 9.17) is 10.8 Å². The van der Waals surface area contributed by atoms with E-state index in [1.165, 1.54) is 18.4 Å². The quantitative estimate of drug-likeness (QED) is 0.836. The van der Waals surface area contributed by atoms with Gasteiger partial charge in [0.2, 0.25) is 0 Å². The van der Waals surface area contributed by atoms with Gasteiger partial charge in [0.25, 0.3) is 0 Å². The molecule has 1 aromatic carbocycles. The van der Waals surface area contributed by atoms with Crippen molar-refractivity contribution in [3.05, 3.63) is 48.0 Å². The zero-order chi connectivity index (χ0) is 13.7. The van der Waals surface area contributed by atoms with Crippen molar-refractivity contribution in [3.8, 4) is 5.69 Å². The molecular weight excluding hydrogens is 238 g/mol. The minimum Gasteiger partial charge on any atom is -0.394 e. The van der Waals surface area contributed by atoms with Gasteiger partial charge in [-0.05, 0) is 30.5 Å². The average molecular weight is 259 g/mol. The van der Waals surface area contributed by atoms with Crippen molar-refractivity contribution in [1.82, 2.24) is 9.55 Å². The second kappa shape index (κ2) is 6.50. The van der Waals surface area contributed by atoms with E-state index in [0.29, 0.717) is 0 Å². The molecule has 3 N–H and O–H groups in total. The number of hydrogen-bond donors (Lipinski definition) is 2. The van der Waals surface area contributed by atoms with E-state index in [1.54, 1.807) is 12.5 Å². The molecule has 0 aliphatic carbocycles. The fourth-order valence-corrected chi connectivity index (χ4v) is 2.09. The summed E-state index contributed by atoms with van der Waals surface area (Å²) >= 11 is 0. The van der Waals surface area contributed by atoms with Gasteiger partial charge in [0, 0.05) is 5.69 Å². The van der Waals surface area contributed by atoms with Crippen LogP contribution in [0.15, 0.2) is 36.8 Å². The molecule has 0 aliphatic rings. The molecule has 0 amide bonds. The Morgan fingerprint density at radius 2 is 2.05 bits per heavy atom. The van der Waals surface area contributed by atoms with Gasteiger partial charge < -0.3 is 15.4 Å². The Morgan fingerprint density at radius 3 is 2.68 bits per heavy atom. The van der Waals surface area contributed by atoms with E-state index in [1.807, 2.05) is 4.57 Å². The van der Waals surface area contributed by atoms with Crippen LogP contribution in [-0.4, -0.2) is 21.3 Å². The summed E-state index contributed by atoms with van der Waals surface area (Å²) in [6, 6.07) is 8.02. The number of aryl methyl sites for hydroxylation is 1. The number of nitrogens with two attached hydrogens (primary N) is 1. The van der Waals surface area contributed by atoms with Crippen LogP contribution in [0, 0.1) is 0 Å². The van der Waals surface area contributed by atoms with Gasteiger partial charge in [-0.1, -0.05) is 25.5 Å². The first-order valence-electron chi connectivity index (χ1n) is 6.74. The molecule has 0 fully saturated rings. The number of hydrogen-bond acceptors (Lipinski definition) is 3. The van der Waals surface area contributed by atoms with Gasteiger partial charge in [0.05, 0.1) is 30.9 Å². The smallest absolute Gasteiger partial charge is 0.0994 e. The van der Waals surface area contributed by atoms with Crippen molar-refractivity contribution in [2.45, 2.75) is 32.2 Å². The van der Waals surface area contributed by atoms with E-state index in [2.05, 4.69) is 36.2 Å². The third kappa shape index (κ3) is 3.22. The average Bonchev–Trinajstić information content (AvgIpc) is 2.94. The Hall–Kier alpha value is -1.65. The van der Waals surface area contributed by atoms with E-state index in [-0.39, 0.29) is 6.61 Å². The highest BCUT2D eigenvalue weighted by molar-refractivity contribution is 5.37. The van der Waals surface area contributed by atoms with Crippen LogP contribution >= 0.6 is 0 Å². The lowest BCUT2D eigenvalue weighted by Gasteiger charge is -2.12. The standard InChI is InChI=1S/C15H21N3O/c1-2-3-4-12-5-7-13(8-6-12)18-11-17-9-15(18)14(16)10-19/h5-9,11,14,19H,2-4,10,16H2,1H3. The molecule has 1 unspecified atom stereocenters. The summed E-state index contributed by atoms with van der Waals surface area (Å²) in [7, 11) is 0. The number of unbranched alkanes of at least 4 members (excludes halogenated alkanes) is 1. The Kier molecular flexibility index (Phi) is 4.71. The summed E-state index contributed by atoms with van der Waals surface area (Å²) in [5.74, 6) is 0. The Balaban J connectivity index is 2.20. The predicted molar refractivity (Wildman–Crippen MR) is 76.2 cm³/mol. The molecule has 0 spiro atoms. The molecule has 4 heteroatoms. The van der Waals surface area contributed by atoms with Crippen molar-refractivity contribution in [2.75, 3.05) is 6.61 Å². The summed E-state index contributed by atoms with van der Waals surface area (Å²) in [6.45, 7) is 2.11. The summed E-state index contributed by atoms with van der Waals surface area (Å²) in [5, 5.41) is 9.15. The van der Waals surface area contributed by atoms with Gasteiger partial charge in [-0.25, -0.2) is 4.98 Å². The van der Waals surface area contributed by atoms with E-state index >= 15 is 0 Å². The van der Waals surface area contributed by atoms with Crippen LogP contribution < -0.4 is 5.73 Å². The third-order valence-corrected chi connectivity index (χ3v) is 3.28. The van der Waals surface area contributed by atoms with Crippen LogP contribution in [-0.2, 0) is 6.42 Å². The van der Waals surface area contributed by atoms with E-state index in [0.717, 1.165) is 17.8 Å². The largest absolute Gasteiger partial charge is 0.394 e. The maximum Gasteiger partial charge on any atom is 0.0994 e. The highest BCUT2D eigenvalue weighted by Crippen LogP contribution is 2.17. The highest BCUT2D eigenvalue weighted by Gasteiger charge is 2.11. The number of imidazole rings is 1. The van der Waals surface area contributed by atoms with Crippen molar-refractivity contribution in [2.24, 2.45) is 5.73 Å². The third-order valence-electron chi connectivity index (χ3n) is 3.28.